The molecule has 1 atom stereocenters. The van der Waals surface area contributed by atoms with Crippen LogP contribution < -0.4 is 10.5 Å². The minimum Gasteiger partial charge on any atom is -0.376 e. The van der Waals surface area contributed by atoms with E-state index in [0.717, 1.165) is 54.1 Å². The topological polar surface area (TPSA) is 86.0 Å². The molecular formula is C21H22N6O2. The lowest BCUT2D eigenvalue weighted by molar-refractivity contribution is 0.109. The van der Waals surface area contributed by atoms with Gasteiger partial charge in [-0.05, 0) is 31.0 Å². The van der Waals surface area contributed by atoms with E-state index in [0.29, 0.717) is 19.8 Å². The summed E-state index contributed by atoms with van der Waals surface area (Å²) in [5.41, 5.74) is 3.77. The van der Waals surface area contributed by atoms with E-state index in [-0.39, 0.29) is 11.6 Å². The molecular weight excluding hydrogens is 368 g/mol. The van der Waals surface area contributed by atoms with Crippen LogP contribution in [0.25, 0.3) is 11.3 Å². The van der Waals surface area contributed by atoms with Gasteiger partial charge in [0.25, 0.3) is 5.56 Å². The Morgan fingerprint density at radius 3 is 2.93 bits per heavy atom. The van der Waals surface area contributed by atoms with Gasteiger partial charge in [0.2, 0.25) is 0 Å². The summed E-state index contributed by atoms with van der Waals surface area (Å²) >= 11 is 0. The van der Waals surface area contributed by atoms with Crippen molar-refractivity contribution in [1.29, 1.82) is 0 Å². The van der Waals surface area contributed by atoms with Crippen molar-refractivity contribution in [2.75, 3.05) is 18.1 Å². The molecule has 0 N–H and O–H groups in total. The van der Waals surface area contributed by atoms with E-state index >= 15 is 0 Å². The standard InChI is InChI=1S/C21H22N6O2/c28-20-4-3-18(15-5-8-22-9-6-15)25-27(20)12-16-2-1-10-26(16)21-17-13-29-11-7-19(17)23-14-24-21/h3-6,8-9,14,16H,1-2,7,10-13H2. The molecule has 0 bridgehead atoms. The number of nitrogens with zero attached hydrogens (tertiary/aromatic N) is 6. The first-order chi connectivity index (χ1) is 14.3. The molecule has 29 heavy (non-hydrogen) atoms. The zero-order valence-corrected chi connectivity index (χ0v) is 16.1. The monoisotopic (exact) mass is 390 g/mol. The molecule has 3 aromatic heterocycles. The Bertz CT molecular complexity index is 1070. The van der Waals surface area contributed by atoms with Crippen molar-refractivity contribution in [1.82, 2.24) is 24.7 Å². The Kier molecular flexibility index (Phi) is 4.77. The first-order valence-electron chi connectivity index (χ1n) is 9.95. The van der Waals surface area contributed by atoms with E-state index in [9.17, 15) is 4.79 Å². The van der Waals surface area contributed by atoms with Crippen molar-refractivity contribution in [3.63, 3.8) is 0 Å². The highest BCUT2D eigenvalue weighted by Crippen LogP contribution is 2.30. The third-order valence-electron chi connectivity index (χ3n) is 5.62. The number of anilines is 1. The van der Waals surface area contributed by atoms with Gasteiger partial charge in [-0.25, -0.2) is 14.6 Å². The van der Waals surface area contributed by atoms with Gasteiger partial charge in [0.05, 0.1) is 37.2 Å². The van der Waals surface area contributed by atoms with Crippen molar-refractivity contribution in [2.45, 2.75) is 38.5 Å². The molecule has 0 amide bonds. The molecule has 3 aromatic rings. The van der Waals surface area contributed by atoms with Gasteiger partial charge in [-0.3, -0.25) is 9.78 Å². The summed E-state index contributed by atoms with van der Waals surface area (Å²) in [6.45, 7) is 2.68. The van der Waals surface area contributed by atoms with Crippen molar-refractivity contribution in [2.24, 2.45) is 0 Å². The molecule has 2 aliphatic rings. The van der Waals surface area contributed by atoms with Gasteiger partial charge in [0.1, 0.15) is 12.1 Å². The van der Waals surface area contributed by atoms with Gasteiger partial charge >= 0.3 is 0 Å². The Morgan fingerprint density at radius 2 is 2.03 bits per heavy atom. The number of aromatic nitrogens is 5. The van der Waals surface area contributed by atoms with Crippen LogP contribution in [0.1, 0.15) is 24.1 Å². The summed E-state index contributed by atoms with van der Waals surface area (Å²) in [4.78, 5) is 27.8. The zero-order valence-electron chi connectivity index (χ0n) is 16.1. The predicted molar refractivity (Wildman–Crippen MR) is 107 cm³/mol. The Balaban J connectivity index is 1.44. The Hall–Kier alpha value is -3.13. The van der Waals surface area contributed by atoms with Crippen molar-refractivity contribution in [3.05, 3.63) is 64.6 Å². The summed E-state index contributed by atoms with van der Waals surface area (Å²) in [7, 11) is 0. The van der Waals surface area contributed by atoms with Crippen LogP contribution in [-0.4, -0.2) is 43.9 Å². The third-order valence-corrected chi connectivity index (χ3v) is 5.62. The molecule has 0 aliphatic carbocycles. The number of hydrogen-bond acceptors (Lipinski definition) is 7. The highest BCUT2D eigenvalue weighted by atomic mass is 16.5. The number of hydrogen-bond donors (Lipinski definition) is 0. The Labute approximate surface area is 168 Å². The number of rotatable bonds is 4. The van der Waals surface area contributed by atoms with Gasteiger partial charge < -0.3 is 9.64 Å². The van der Waals surface area contributed by atoms with Crippen LogP contribution in [0.15, 0.2) is 47.8 Å². The van der Waals surface area contributed by atoms with Crippen LogP contribution in [0.2, 0.25) is 0 Å². The van der Waals surface area contributed by atoms with Crippen molar-refractivity contribution >= 4 is 5.82 Å². The van der Waals surface area contributed by atoms with E-state index in [1.807, 2.05) is 12.1 Å². The maximum atomic E-state index is 12.5. The minimum atomic E-state index is -0.0947. The second-order valence-electron chi connectivity index (χ2n) is 7.39. The Morgan fingerprint density at radius 1 is 1.14 bits per heavy atom. The molecule has 0 radical (unpaired) electrons. The minimum absolute atomic E-state index is 0.0947. The summed E-state index contributed by atoms with van der Waals surface area (Å²) in [5.74, 6) is 0.940. The van der Waals surface area contributed by atoms with E-state index in [1.54, 1.807) is 35.5 Å². The molecule has 1 unspecified atom stereocenters. The molecule has 0 saturated carbocycles. The fourth-order valence-corrected chi connectivity index (χ4v) is 4.15. The quantitative estimate of drug-likeness (QED) is 0.672. The molecule has 5 heterocycles. The fourth-order valence-electron chi connectivity index (χ4n) is 4.15. The lowest BCUT2D eigenvalue weighted by atomic mass is 10.1. The number of ether oxygens (including phenoxy) is 1. The number of pyridine rings is 1. The first-order valence-corrected chi connectivity index (χ1v) is 9.95. The van der Waals surface area contributed by atoms with E-state index in [2.05, 4.69) is 25.0 Å². The average Bonchev–Trinajstić information content (AvgIpc) is 3.23. The van der Waals surface area contributed by atoms with Crippen LogP contribution >= 0.6 is 0 Å². The summed E-state index contributed by atoms with van der Waals surface area (Å²) < 4.78 is 7.23. The molecule has 5 rings (SSSR count). The third kappa shape index (κ3) is 3.51. The SMILES string of the molecule is O=c1ccc(-c2ccncc2)nn1CC1CCCN1c1ncnc2c1COCC2. The second-order valence-corrected chi connectivity index (χ2v) is 7.39. The van der Waals surface area contributed by atoms with Gasteiger partial charge in [0, 0.05) is 42.6 Å². The van der Waals surface area contributed by atoms with Crippen LogP contribution in [-0.2, 0) is 24.3 Å². The zero-order chi connectivity index (χ0) is 19.6. The van der Waals surface area contributed by atoms with Gasteiger partial charge in [-0.1, -0.05) is 0 Å². The molecule has 8 heteroatoms. The van der Waals surface area contributed by atoms with Crippen LogP contribution in [0.3, 0.4) is 0 Å². The van der Waals surface area contributed by atoms with Crippen molar-refractivity contribution in [3.8, 4) is 11.3 Å². The highest BCUT2D eigenvalue weighted by Gasteiger charge is 2.30. The smallest absolute Gasteiger partial charge is 0.266 e. The van der Waals surface area contributed by atoms with E-state index in [1.165, 1.54) is 0 Å². The summed E-state index contributed by atoms with van der Waals surface area (Å²) in [6, 6.07) is 7.30. The number of fused-ring (bicyclic) bond motifs is 1. The molecule has 2 aliphatic heterocycles. The van der Waals surface area contributed by atoms with Gasteiger partial charge in [-0.15, -0.1) is 0 Å². The first kappa shape index (κ1) is 17.9. The highest BCUT2D eigenvalue weighted by molar-refractivity contribution is 5.57. The van der Waals surface area contributed by atoms with Crippen LogP contribution in [0.5, 0.6) is 0 Å². The average molecular weight is 390 g/mol. The van der Waals surface area contributed by atoms with E-state index in [4.69, 9.17) is 4.74 Å². The van der Waals surface area contributed by atoms with Gasteiger partial charge in [0.15, 0.2) is 0 Å². The lowest BCUT2D eigenvalue weighted by Crippen LogP contribution is -2.38. The van der Waals surface area contributed by atoms with E-state index < -0.39 is 0 Å². The molecule has 8 nitrogen and oxygen atoms in total. The molecule has 1 fully saturated rings. The molecule has 1 saturated heterocycles. The molecule has 0 spiro atoms. The summed E-state index contributed by atoms with van der Waals surface area (Å²) in [6.07, 6.45) is 7.97. The van der Waals surface area contributed by atoms with Crippen molar-refractivity contribution < 1.29 is 4.74 Å². The lowest BCUT2D eigenvalue weighted by Gasteiger charge is -2.29. The largest absolute Gasteiger partial charge is 0.376 e. The maximum absolute atomic E-state index is 12.5. The maximum Gasteiger partial charge on any atom is 0.266 e. The second kappa shape index (κ2) is 7.71. The summed E-state index contributed by atoms with van der Waals surface area (Å²) in [5, 5.41) is 4.61. The van der Waals surface area contributed by atoms with Crippen LogP contribution in [0, 0.1) is 0 Å². The normalized spacial score (nSPS) is 18.6. The van der Waals surface area contributed by atoms with Gasteiger partial charge in [-0.2, -0.15) is 5.10 Å². The predicted octanol–water partition coefficient (Wildman–Crippen LogP) is 1.84. The van der Waals surface area contributed by atoms with Crippen LogP contribution in [0.4, 0.5) is 5.82 Å². The molecule has 0 aromatic carbocycles. The fraction of sp³-hybridized carbons (Fsp3) is 0.381. The molecule has 148 valence electrons.